The molecule has 0 spiro atoms. The summed E-state index contributed by atoms with van der Waals surface area (Å²) in [6.07, 6.45) is 1.19. The third kappa shape index (κ3) is 4.64. The van der Waals surface area contributed by atoms with Crippen molar-refractivity contribution in [1.29, 1.82) is 0 Å². The van der Waals surface area contributed by atoms with Crippen molar-refractivity contribution in [2.45, 2.75) is 71.1 Å². The average Bonchev–Trinajstić information content (AvgIpc) is 3.15. The van der Waals surface area contributed by atoms with E-state index in [9.17, 15) is 0 Å². The summed E-state index contributed by atoms with van der Waals surface area (Å²) in [5.74, 6) is 2.71. The Morgan fingerprint density at radius 1 is 1.04 bits per heavy atom. The molecule has 2 unspecified atom stereocenters. The van der Waals surface area contributed by atoms with Gasteiger partial charge in [0.1, 0.15) is 0 Å². The molecule has 0 aliphatic carbocycles. The molecule has 0 bridgehead atoms. The van der Waals surface area contributed by atoms with Crippen molar-refractivity contribution in [1.82, 2.24) is 0 Å². The van der Waals surface area contributed by atoms with Crippen molar-refractivity contribution in [2.24, 2.45) is 0 Å². The Kier molecular flexibility index (Phi) is 6.43. The lowest BCUT2D eigenvalue weighted by Crippen LogP contribution is -2.18. The van der Waals surface area contributed by atoms with Gasteiger partial charge in [-0.2, -0.15) is 12.6 Å². The molecule has 0 fully saturated rings. The van der Waals surface area contributed by atoms with Crippen molar-refractivity contribution < 1.29 is 0 Å². The highest BCUT2D eigenvalue weighted by Gasteiger charge is 2.27. The topological polar surface area (TPSA) is 0 Å². The molecule has 3 heteroatoms. The summed E-state index contributed by atoms with van der Waals surface area (Å²) in [7, 11) is 0. The predicted octanol–water partition coefficient (Wildman–Crippen LogP) is 7.44. The van der Waals surface area contributed by atoms with Crippen LogP contribution in [0.4, 0.5) is 0 Å². The molecule has 2 heterocycles. The molecule has 0 aliphatic heterocycles. The maximum Gasteiger partial charge on any atom is 0.0105 e. The number of hydrogen-bond acceptors (Lipinski definition) is 3. The summed E-state index contributed by atoms with van der Waals surface area (Å²) in [5, 5.41) is 2.36. The zero-order chi connectivity index (χ0) is 17.2. The Morgan fingerprint density at radius 2 is 1.74 bits per heavy atom. The molecule has 0 saturated heterocycles. The van der Waals surface area contributed by atoms with Gasteiger partial charge in [-0.3, -0.25) is 0 Å². The minimum atomic E-state index is 0.221. The van der Waals surface area contributed by atoms with Crippen molar-refractivity contribution in [2.75, 3.05) is 5.75 Å². The molecule has 0 N–H and O–H groups in total. The normalized spacial score (nSPS) is 15.1. The summed E-state index contributed by atoms with van der Waals surface area (Å²) in [4.78, 5) is 4.48. The van der Waals surface area contributed by atoms with E-state index in [-0.39, 0.29) is 5.41 Å². The minimum absolute atomic E-state index is 0.221. The summed E-state index contributed by atoms with van der Waals surface area (Å²) in [5.41, 5.74) is 1.73. The van der Waals surface area contributed by atoms with Gasteiger partial charge in [0.15, 0.2) is 0 Å². The van der Waals surface area contributed by atoms with Crippen LogP contribution in [0.25, 0.3) is 0 Å². The molecule has 0 aromatic carbocycles. The van der Waals surface area contributed by atoms with Gasteiger partial charge in [-0.15, -0.1) is 22.7 Å². The van der Waals surface area contributed by atoms with Gasteiger partial charge in [-0.25, -0.2) is 0 Å². The molecule has 2 rings (SSSR count). The second-order valence-electron chi connectivity index (χ2n) is 7.71. The lowest BCUT2D eigenvalue weighted by atomic mass is 9.80. The Labute approximate surface area is 155 Å². The van der Waals surface area contributed by atoms with E-state index in [0.717, 1.165) is 5.75 Å². The largest absolute Gasteiger partial charge is 0.179 e. The number of thiol groups is 1. The first-order valence-corrected chi connectivity index (χ1v) is 10.9. The fourth-order valence-electron chi connectivity index (χ4n) is 2.98. The Bertz CT molecular complexity index is 618. The average molecular weight is 367 g/mol. The van der Waals surface area contributed by atoms with Gasteiger partial charge in [0.25, 0.3) is 0 Å². The maximum atomic E-state index is 4.44. The monoisotopic (exact) mass is 366 g/mol. The van der Waals surface area contributed by atoms with Gasteiger partial charge < -0.3 is 0 Å². The van der Waals surface area contributed by atoms with Crippen molar-refractivity contribution >= 4 is 35.3 Å². The number of rotatable bonds is 7. The lowest BCUT2D eigenvalue weighted by molar-refractivity contribution is 0.446. The Morgan fingerprint density at radius 3 is 2.30 bits per heavy atom. The van der Waals surface area contributed by atoms with Crippen LogP contribution >= 0.6 is 35.3 Å². The van der Waals surface area contributed by atoms with E-state index in [2.05, 4.69) is 77.8 Å². The van der Waals surface area contributed by atoms with Crippen LogP contribution in [-0.2, 0) is 5.41 Å². The van der Waals surface area contributed by atoms with E-state index in [4.69, 9.17) is 0 Å². The molecular formula is C20H30S3. The van der Waals surface area contributed by atoms with E-state index in [1.165, 1.54) is 26.6 Å². The molecule has 2 atom stereocenters. The molecule has 0 aliphatic rings. The van der Waals surface area contributed by atoms with E-state index < -0.39 is 0 Å². The van der Waals surface area contributed by atoms with E-state index in [1.54, 1.807) is 0 Å². The fourth-order valence-corrected chi connectivity index (χ4v) is 5.52. The summed E-state index contributed by atoms with van der Waals surface area (Å²) < 4.78 is 0. The number of hydrogen-bond donors (Lipinski definition) is 1. The van der Waals surface area contributed by atoms with Crippen LogP contribution in [0.15, 0.2) is 23.6 Å². The van der Waals surface area contributed by atoms with Crippen LogP contribution in [0, 0.1) is 0 Å². The lowest BCUT2D eigenvalue weighted by Gasteiger charge is -2.27. The third-order valence-electron chi connectivity index (χ3n) is 4.65. The van der Waals surface area contributed by atoms with Crippen molar-refractivity contribution in [3.8, 4) is 0 Å². The Balaban J connectivity index is 2.11. The van der Waals surface area contributed by atoms with Crippen LogP contribution in [0.3, 0.4) is 0 Å². The van der Waals surface area contributed by atoms with Crippen molar-refractivity contribution in [3.63, 3.8) is 0 Å². The quantitative estimate of drug-likeness (QED) is 0.484. The van der Waals surface area contributed by atoms with Gasteiger partial charge in [0.2, 0.25) is 0 Å². The molecule has 0 radical (unpaired) electrons. The molecular weight excluding hydrogens is 336 g/mol. The first-order valence-electron chi connectivity index (χ1n) is 8.54. The van der Waals surface area contributed by atoms with E-state index >= 15 is 0 Å². The van der Waals surface area contributed by atoms with Gasteiger partial charge in [0, 0.05) is 14.6 Å². The summed E-state index contributed by atoms with van der Waals surface area (Å²) in [6.45, 7) is 14.0. The molecule has 23 heavy (non-hydrogen) atoms. The predicted molar refractivity (Wildman–Crippen MR) is 111 cm³/mol. The fraction of sp³-hybridized carbons (Fsp3) is 0.600. The smallest absolute Gasteiger partial charge is 0.0105 e. The van der Waals surface area contributed by atoms with E-state index in [0.29, 0.717) is 17.8 Å². The van der Waals surface area contributed by atoms with Crippen LogP contribution in [-0.4, -0.2) is 5.75 Å². The van der Waals surface area contributed by atoms with E-state index in [1.807, 2.05) is 22.7 Å². The number of thiophene rings is 2. The minimum Gasteiger partial charge on any atom is -0.179 e. The third-order valence-corrected chi connectivity index (χ3v) is 8.13. The van der Waals surface area contributed by atoms with Crippen LogP contribution < -0.4 is 0 Å². The second kappa shape index (κ2) is 7.76. The molecule has 2 aromatic rings. The SMILES string of the molecule is CC(C)c1cc(C(C)CC(C)(C)c2ccc(C(C)CS)s2)cs1. The maximum absolute atomic E-state index is 4.44. The zero-order valence-electron chi connectivity index (χ0n) is 15.2. The van der Waals surface area contributed by atoms with Gasteiger partial charge in [-0.1, -0.05) is 41.5 Å². The molecule has 0 amide bonds. The standard InChI is InChI=1S/C20H30S3/c1-13(2)18-9-16(12-22-18)14(3)10-20(5,6)19-8-7-17(23-19)15(4)11-21/h7-9,12-15,21H,10-11H2,1-6H3. The summed E-state index contributed by atoms with van der Waals surface area (Å²) in [6, 6.07) is 7.05. The van der Waals surface area contributed by atoms with Gasteiger partial charge >= 0.3 is 0 Å². The van der Waals surface area contributed by atoms with Gasteiger partial charge in [0.05, 0.1) is 0 Å². The van der Waals surface area contributed by atoms with Crippen LogP contribution in [0.5, 0.6) is 0 Å². The second-order valence-corrected chi connectivity index (χ2v) is 10.1. The first kappa shape index (κ1) is 19.1. The summed E-state index contributed by atoms with van der Waals surface area (Å²) >= 11 is 8.33. The molecule has 0 saturated carbocycles. The molecule has 2 aromatic heterocycles. The first-order chi connectivity index (χ1) is 10.7. The highest BCUT2D eigenvalue weighted by Crippen LogP contribution is 2.40. The highest BCUT2D eigenvalue weighted by atomic mass is 32.1. The van der Waals surface area contributed by atoms with Crippen LogP contribution in [0.2, 0.25) is 0 Å². The molecule has 0 nitrogen and oxygen atoms in total. The van der Waals surface area contributed by atoms with Gasteiger partial charge in [-0.05, 0) is 64.5 Å². The Hall–Kier alpha value is -0.250. The zero-order valence-corrected chi connectivity index (χ0v) is 17.7. The van der Waals surface area contributed by atoms with Crippen molar-refractivity contribution in [3.05, 3.63) is 43.8 Å². The molecule has 128 valence electrons. The highest BCUT2D eigenvalue weighted by molar-refractivity contribution is 7.80. The van der Waals surface area contributed by atoms with Crippen LogP contribution in [0.1, 0.15) is 85.9 Å².